The number of rotatable bonds is 6. The largest absolute Gasteiger partial charge is 0.366 e. The SMILES string of the molecule is CS(=O)(=O)N1CCC(Nc2cc(NCc3cccnc3)n3ncc(Br)c3n2)C1. The van der Waals surface area contributed by atoms with Crippen molar-refractivity contribution < 1.29 is 8.42 Å². The zero-order valence-corrected chi connectivity index (χ0v) is 17.6. The van der Waals surface area contributed by atoms with Gasteiger partial charge in [-0.15, -0.1) is 0 Å². The van der Waals surface area contributed by atoms with E-state index in [-0.39, 0.29) is 6.04 Å². The molecule has 3 aromatic rings. The van der Waals surface area contributed by atoms with Crippen molar-refractivity contribution in [3.63, 3.8) is 0 Å². The van der Waals surface area contributed by atoms with Crippen molar-refractivity contribution in [1.29, 1.82) is 0 Å². The van der Waals surface area contributed by atoms with E-state index in [1.54, 1.807) is 16.9 Å². The molecule has 1 atom stereocenters. The van der Waals surface area contributed by atoms with Crippen LogP contribution < -0.4 is 10.6 Å². The van der Waals surface area contributed by atoms with Crippen molar-refractivity contribution in [3.05, 3.63) is 46.8 Å². The summed E-state index contributed by atoms with van der Waals surface area (Å²) in [4.78, 5) is 8.75. The number of nitrogens with zero attached hydrogens (tertiary/aromatic N) is 5. The summed E-state index contributed by atoms with van der Waals surface area (Å²) in [5.74, 6) is 1.45. The standard InChI is InChI=1S/C17H20BrN7O2S/c1-28(26,27)24-6-4-13(11-24)22-15-7-16(20-9-12-3-2-5-19-8-12)25-17(23-15)14(18)10-21-25/h2-3,5,7-8,10,13,20H,4,6,9,11H2,1H3,(H,22,23). The number of anilines is 2. The minimum Gasteiger partial charge on any atom is -0.366 e. The number of pyridine rings is 1. The number of hydrogen-bond donors (Lipinski definition) is 2. The maximum atomic E-state index is 11.7. The van der Waals surface area contributed by atoms with Crippen LogP contribution in [0.4, 0.5) is 11.6 Å². The zero-order valence-electron chi connectivity index (χ0n) is 15.2. The Hall–Kier alpha value is -2.24. The average Bonchev–Trinajstić information content (AvgIpc) is 3.28. The van der Waals surface area contributed by atoms with Gasteiger partial charge in [0.15, 0.2) is 5.65 Å². The number of hydrogen-bond acceptors (Lipinski definition) is 7. The van der Waals surface area contributed by atoms with E-state index in [1.165, 1.54) is 10.6 Å². The third-order valence-electron chi connectivity index (χ3n) is 4.60. The lowest BCUT2D eigenvalue weighted by Crippen LogP contribution is -2.30. The van der Waals surface area contributed by atoms with Crippen molar-refractivity contribution in [2.45, 2.75) is 19.0 Å². The Labute approximate surface area is 171 Å². The van der Waals surface area contributed by atoms with Crippen LogP contribution in [0.5, 0.6) is 0 Å². The Balaban J connectivity index is 1.56. The van der Waals surface area contributed by atoms with E-state index in [0.29, 0.717) is 31.1 Å². The van der Waals surface area contributed by atoms with Crippen molar-refractivity contribution in [3.8, 4) is 0 Å². The minimum absolute atomic E-state index is 0.0116. The van der Waals surface area contributed by atoms with E-state index in [2.05, 4.69) is 41.6 Å². The molecule has 3 aromatic heterocycles. The number of fused-ring (bicyclic) bond motifs is 1. The number of halogens is 1. The van der Waals surface area contributed by atoms with Gasteiger partial charge in [0.05, 0.1) is 16.9 Å². The Morgan fingerprint density at radius 3 is 2.93 bits per heavy atom. The van der Waals surface area contributed by atoms with Crippen molar-refractivity contribution in [2.75, 3.05) is 30.0 Å². The fourth-order valence-electron chi connectivity index (χ4n) is 3.19. The highest BCUT2D eigenvalue weighted by Gasteiger charge is 2.28. The number of sulfonamides is 1. The minimum atomic E-state index is -3.17. The van der Waals surface area contributed by atoms with Gasteiger partial charge in [-0.05, 0) is 34.0 Å². The molecular weight excluding hydrogens is 446 g/mol. The van der Waals surface area contributed by atoms with Gasteiger partial charge in [0, 0.05) is 44.1 Å². The second-order valence-electron chi connectivity index (χ2n) is 6.72. The summed E-state index contributed by atoms with van der Waals surface area (Å²) >= 11 is 3.48. The fourth-order valence-corrected chi connectivity index (χ4v) is 4.42. The molecule has 1 aliphatic rings. The van der Waals surface area contributed by atoms with E-state index in [4.69, 9.17) is 0 Å². The highest BCUT2D eigenvalue weighted by Crippen LogP contribution is 2.24. The van der Waals surface area contributed by atoms with Crippen molar-refractivity contribution in [2.24, 2.45) is 0 Å². The monoisotopic (exact) mass is 465 g/mol. The molecule has 0 saturated carbocycles. The molecule has 28 heavy (non-hydrogen) atoms. The summed E-state index contributed by atoms with van der Waals surface area (Å²) < 4.78 is 27.5. The smallest absolute Gasteiger partial charge is 0.211 e. The molecule has 2 N–H and O–H groups in total. The Morgan fingerprint density at radius 1 is 1.36 bits per heavy atom. The van der Waals surface area contributed by atoms with Crippen molar-refractivity contribution >= 4 is 43.2 Å². The van der Waals surface area contributed by atoms with Gasteiger partial charge in [-0.25, -0.2) is 17.7 Å². The second kappa shape index (κ2) is 7.64. The van der Waals surface area contributed by atoms with Gasteiger partial charge in [0.2, 0.25) is 10.0 Å². The third kappa shape index (κ3) is 4.10. The molecule has 1 unspecified atom stereocenters. The Bertz CT molecular complexity index is 1090. The van der Waals surface area contributed by atoms with Crippen LogP contribution >= 0.6 is 15.9 Å². The van der Waals surface area contributed by atoms with Gasteiger partial charge in [-0.3, -0.25) is 4.98 Å². The molecule has 0 aliphatic carbocycles. The first-order valence-electron chi connectivity index (χ1n) is 8.79. The fraction of sp³-hybridized carbons (Fsp3) is 0.353. The van der Waals surface area contributed by atoms with Crippen LogP contribution in [0.2, 0.25) is 0 Å². The van der Waals surface area contributed by atoms with Gasteiger partial charge in [0.25, 0.3) is 0 Å². The van der Waals surface area contributed by atoms with Crippen molar-refractivity contribution in [1.82, 2.24) is 23.9 Å². The second-order valence-corrected chi connectivity index (χ2v) is 9.56. The molecule has 11 heteroatoms. The van der Waals surface area contributed by atoms with Crippen LogP contribution in [0, 0.1) is 0 Å². The molecule has 0 bridgehead atoms. The molecule has 1 saturated heterocycles. The van der Waals surface area contributed by atoms with Gasteiger partial charge >= 0.3 is 0 Å². The molecule has 0 spiro atoms. The van der Waals surface area contributed by atoms with E-state index in [0.717, 1.165) is 22.3 Å². The molecule has 1 fully saturated rings. The first kappa shape index (κ1) is 19.1. The lowest BCUT2D eigenvalue weighted by molar-refractivity contribution is 0.480. The van der Waals surface area contributed by atoms with Crippen LogP contribution in [0.3, 0.4) is 0 Å². The normalized spacial score (nSPS) is 17.9. The predicted octanol–water partition coefficient (Wildman–Crippen LogP) is 1.94. The number of aromatic nitrogens is 4. The predicted molar refractivity (Wildman–Crippen MR) is 111 cm³/mol. The van der Waals surface area contributed by atoms with Crippen LogP contribution in [0.25, 0.3) is 5.65 Å². The number of nitrogens with one attached hydrogen (secondary N) is 2. The Kier molecular flexibility index (Phi) is 5.21. The lowest BCUT2D eigenvalue weighted by atomic mass is 10.2. The summed E-state index contributed by atoms with van der Waals surface area (Å²) in [5.41, 5.74) is 1.73. The maximum absolute atomic E-state index is 11.7. The summed E-state index contributed by atoms with van der Waals surface area (Å²) in [6.07, 6.45) is 7.22. The molecule has 148 valence electrons. The first-order chi connectivity index (χ1) is 13.4. The first-order valence-corrected chi connectivity index (χ1v) is 11.4. The molecule has 0 radical (unpaired) electrons. The molecule has 4 heterocycles. The summed E-state index contributed by atoms with van der Waals surface area (Å²) in [6.45, 7) is 1.54. The van der Waals surface area contributed by atoms with Gasteiger partial charge in [-0.1, -0.05) is 6.07 Å². The average molecular weight is 466 g/mol. The lowest BCUT2D eigenvalue weighted by Gasteiger charge is -2.16. The van der Waals surface area contributed by atoms with E-state index < -0.39 is 10.0 Å². The van der Waals surface area contributed by atoms with E-state index in [9.17, 15) is 8.42 Å². The van der Waals surface area contributed by atoms with Crippen LogP contribution in [0.15, 0.2) is 41.3 Å². The molecule has 0 aromatic carbocycles. The Morgan fingerprint density at radius 2 is 2.21 bits per heavy atom. The maximum Gasteiger partial charge on any atom is 0.211 e. The summed E-state index contributed by atoms with van der Waals surface area (Å²) in [5, 5.41) is 11.1. The summed E-state index contributed by atoms with van der Waals surface area (Å²) in [7, 11) is -3.17. The van der Waals surface area contributed by atoms with Crippen LogP contribution in [0.1, 0.15) is 12.0 Å². The molecule has 1 aliphatic heterocycles. The molecular formula is C17H20BrN7O2S. The van der Waals surface area contributed by atoms with Gasteiger partial charge in [-0.2, -0.15) is 9.61 Å². The van der Waals surface area contributed by atoms with Crippen LogP contribution in [-0.4, -0.2) is 57.7 Å². The third-order valence-corrected chi connectivity index (χ3v) is 6.43. The quantitative estimate of drug-likeness (QED) is 0.572. The highest BCUT2D eigenvalue weighted by molar-refractivity contribution is 9.10. The van der Waals surface area contributed by atoms with Gasteiger partial charge in [0.1, 0.15) is 11.6 Å². The van der Waals surface area contributed by atoms with E-state index in [1.807, 2.05) is 24.4 Å². The molecule has 0 amide bonds. The van der Waals surface area contributed by atoms with Gasteiger partial charge < -0.3 is 10.6 Å². The highest BCUT2D eigenvalue weighted by atomic mass is 79.9. The van der Waals surface area contributed by atoms with E-state index >= 15 is 0 Å². The topological polar surface area (TPSA) is 105 Å². The molecule has 9 nitrogen and oxygen atoms in total. The zero-order chi connectivity index (χ0) is 19.7. The summed E-state index contributed by atoms with van der Waals surface area (Å²) in [6, 6.07) is 5.78. The van der Waals surface area contributed by atoms with Crippen LogP contribution in [-0.2, 0) is 16.6 Å². The molecule has 4 rings (SSSR count).